The molecule has 0 amide bonds. The summed E-state index contributed by atoms with van der Waals surface area (Å²) in [5.74, 6) is 0.923. The van der Waals surface area contributed by atoms with E-state index < -0.39 is 11.4 Å². The number of hydrogen-bond donors (Lipinski definition) is 2. The van der Waals surface area contributed by atoms with Crippen LogP contribution < -0.4 is 11.1 Å². The third-order valence-electron chi connectivity index (χ3n) is 7.62. The Balaban J connectivity index is 1.32. The molecule has 35 heavy (non-hydrogen) atoms. The lowest BCUT2D eigenvalue weighted by Crippen LogP contribution is -2.54. The minimum absolute atomic E-state index is 0.0138. The number of nitrogens with zero attached hydrogens (tertiary/aromatic N) is 5. The van der Waals surface area contributed by atoms with Crippen molar-refractivity contribution in [1.82, 2.24) is 24.5 Å². The number of ether oxygens (including phenoxy) is 2. The molecule has 2 bridgehead atoms. The Hall–Kier alpha value is -3.30. The van der Waals surface area contributed by atoms with Crippen molar-refractivity contribution >= 4 is 33.7 Å². The van der Waals surface area contributed by atoms with E-state index in [1.807, 2.05) is 27.0 Å². The monoisotopic (exact) mass is 473 g/mol. The lowest BCUT2D eigenvalue weighted by Gasteiger charge is -2.48. The number of aryl methyl sites for hydroxylation is 1. The molecule has 9 nitrogen and oxygen atoms in total. The summed E-state index contributed by atoms with van der Waals surface area (Å²) in [6, 6.07) is 8.32. The molecule has 2 aliphatic rings. The fourth-order valence-electron chi connectivity index (χ4n) is 6.25. The summed E-state index contributed by atoms with van der Waals surface area (Å²) in [6.07, 6.45) is 8.13. The predicted octanol–water partition coefficient (Wildman–Crippen LogP) is 4.10. The molecular weight excluding hydrogens is 442 g/mol. The molecule has 6 rings (SSSR count). The van der Waals surface area contributed by atoms with Crippen LogP contribution in [0.4, 0.5) is 11.6 Å². The van der Waals surface area contributed by atoms with Gasteiger partial charge in [-0.1, -0.05) is 6.07 Å². The molecule has 182 valence electrons. The van der Waals surface area contributed by atoms with Crippen LogP contribution >= 0.6 is 0 Å². The van der Waals surface area contributed by atoms with Crippen molar-refractivity contribution in [2.24, 2.45) is 5.92 Å². The Morgan fingerprint density at radius 3 is 2.83 bits per heavy atom. The first-order valence-electron chi connectivity index (χ1n) is 12.2. The van der Waals surface area contributed by atoms with Crippen molar-refractivity contribution in [3.63, 3.8) is 0 Å². The lowest BCUT2D eigenvalue weighted by atomic mass is 9.84. The fourth-order valence-corrected chi connectivity index (χ4v) is 6.25. The van der Waals surface area contributed by atoms with Crippen molar-refractivity contribution < 1.29 is 9.47 Å². The van der Waals surface area contributed by atoms with E-state index in [4.69, 9.17) is 15.2 Å². The molecule has 4 heterocycles. The van der Waals surface area contributed by atoms with Gasteiger partial charge >= 0.3 is 0 Å². The molecule has 9 heteroatoms. The Bertz CT molecular complexity index is 1420. The van der Waals surface area contributed by atoms with E-state index in [1.54, 1.807) is 12.5 Å². The molecule has 1 saturated heterocycles. The predicted molar refractivity (Wildman–Crippen MR) is 135 cm³/mol. The van der Waals surface area contributed by atoms with Gasteiger partial charge in [0, 0.05) is 13.2 Å². The zero-order valence-corrected chi connectivity index (χ0v) is 20.5. The third-order valence-corrected chi connectivity index (χ3v) is 7.62. The lowest BCUT2D eigenvalue weighted by molar-refractivity contribution is -0.330. The summed E-state index contributed by atoms with van der Waals surface area (Å²) in [7, 11) is 1.88. The van der Waals surface area contributed by atoms with Gasteiger partial charge in [0.05, 0.1) is 40.4 Å². The number of nitrogen functional groups attached to an aromatic ring is 1. The van der Waals surface area contributed by atoms with Gasteiger partial charge in [0.15, 0.2) is 5.79 Å². The summed E-state index contributed by atoms with van der Waals surface area (Å²) in [6.45, 7) is 6.27. The van der Waals surface area contributed by atoms with E-state index in [0.717, 1.165) is 47.1 Å². The standard InChI is InChI=1S/C26H31N7O2/c1-25(2)34-20-12-16(7-5-15-6-8-18-19(11-15)32-21(27)13-29-18)26(3,35-25)22(20)33-10-9-17-23(28-4)30-14-31-24(17)33/h6,8-11,13-14,16,20,22H,5,7,12H2,1-4H3,(H2,27,32)(H,28,30,31)/t16?,20-,22?,26?/m1/s1. The highest BCUT2D eigenvalue weighted by atomic mass is 16.7. The Morgan fingerprint density at radius 1 is 1.14 bits per heavy atom. The van der Waals surface area contributed by atoms with Crippen LogP contribution in [0, 0.1) is 5.92 Å². The van der Waals surface area contributed by atoms with Gasteiger partial charge in [0.1, 0.15) is 23.6 Å². The topological polar surface area (TPSA) is 113 Å². The summed E-state index contributed by atoms with van der Waals surface area (Å²) in [5.41, 5.74) is 9.23. The molecule has 3 unspecified atom stereocenters. The van der Waals surface area contributed by atoms with Gasteiger partial charge in [-0.3, -0.25) is 4.98 Å². The second-order valence-electron chi connectivity index (χ2n) is 10.3. The number of anilines is 2. The maximum Gasteiger partial charge on any atom is 0.164 e. The second-order valence-corrected chi connectivity index (χ2v) is 10.3. The van der Waals surface area contributed by atoms with E-state index in [0.29, 0.717) is 11.7 Å². The van der Waals surface area contributed by atoms with Crippen molar-refractivity contribution in [3.8, 4) is 0 Å². The number of nitrogens with one attached hydrogen (secondary N) is 1. The van der Waals surface area contributed by atoms with Crippen LogP contribution in [0.5, 0.6) is 0 Å². The molecule has 4 atom stereocenters. The van der Waals surface area contributed by atoms with E-state index in [9.17, 15) is 0 Å². The van der Waals surface area contributed by atoms with E-state index >= 15 is 0 Å². The molecular formula is C26H31N7O2. The van der Waals surface area contributed by atoms with Crippen molar-refractivity contribution in [1.29, 1.82) is 0 Å². The average molecular weight is 474 g/mol. The highest BCUT2D eigenvalue weighted by molar-refractivity contribution is 5.87. The van der Waals surface area contributed by atoms with Crippen molar-refractivity contribution in [2.75, 3.05) is 18.1 Å². The van der Waals surface area contributed by atoms with Gasteiger partial charge in [0.25, 0.3) is 0 Å². The number of benzene rings is 1. The molecule has 1 aliphatic heterocycles. The molecule has 4 aromatic rings. The molecule has 3 N–H and O–H groups in total. The van der Waals surface area contributed by atoms with Crippen LogP contribution in [0.2, 0.25) is 0 Å². The zero-order valence-electron chi connectivity index (χ0n) is 20.5. The van der Waals surface area contributed by atoms with Gasteiger partial charge in [-0.15, -0.1) is 0 Å². The van der Waals surface area contributed by atoms with Crippen LogP contribution in [-0.4, -0.2) is 49.0 Å². The number of hydrogen-bond acceptors (Lipinski definition) is 8. The van der Waals surface area contributed by atoms with Crippen LogP contribution in [-0.2, 0) is 15.9 Å². The van der Waals surface area contributed by atoms with E-state index in [-0.39, 0.29) is 12.1 Å². The zero-order chi connectivity index (χ0) is 24.4. The second kappa shape index (κ2) is 7.86. The highest BCUT2D eigenvalue weighted by Gasteiger charge is 2.61. The van der Waals surface area contributed by atoms with Gasteiger partial charge in [-0.2, -0.15) is 0 Å². The van der Waals surface area contributed by atoms with Crippen molar-refractivity contribution in [2.45, 2.75) is 63.6 Å². The number of fused-ring (bicyclic) bond motifs is 4. The molecule has 2 fully saturated rings. The first kappa shape index (κ1) is 22.2. The number of aromatic nitrogens is 5. The van der Waals surface area contributed by atoms with Crippen LogP contribution in [0.15, 0.2) is 43.0 Å². The molecule has 1 saturated carbocycles. The van der Waals surface area contributed by atoms with Crippen LogP contribution in [0.3, 0.4) is 0 Å². The maximum absolute atomic E-state index is 6.74. The largest absolute Gasteiger partial charge is 0.382 e. The van der Waals surface area contributed by atoms with E-state index in [1.165, 1.54) is 5.56 Å². The Morgan fingerprint density at radius 2 is 2.00 bits per heavy atom. The first-order valence-corrected chi connectivity index (χ1v) is 12.2. The Labute approximate surface area is 204 Å². The van der Waals surface area contributed by atoms with Gasteiger partial charge < -0.3 is 25.1 Å². The molecule has 3 aromatic heterocycles. The first-order chi connectivity index (χ1) is 16.8. The summed E-state index contributed by atoms with van der Waals surface area (Å²) in [4.78, 5) is 17.8. The van der Waals surface area contributed by atoms with Gasteiger partial charge in [-0.25, -0.2) is 15.0 Å². The minimum Gasteiger partial charge on any atom is -0.382 e. The third kappa shape index (κ3) is 3.61. The average Bonchev–Trinajstić information content (AvgIpc) is 3.31. The molecule has 1 aliphatic carbocycles. The Kier molecular flexibility index (Phi) is 4.98. The summed E-state index contributed by atoms with van der Waals surface area (Å²) in [5, 5.41) is 4.16. The number of nitrogens with two attached hydrogens (primary N) is 1. The fraction of sp³-hybridized carbons (Fsp3) is 0.462. The summed E-state index contributed by atoms with van der Waals surface area (Å²) >= 11 is 0. The highest BCUT2D eigenvalue weighted by Crippen LogP contribution is 2.56. The minimum atomic E-state index is -0.644. The van der Waals surface area contributed by atoms with E-state index in [2.05, 4.69) is 61.1 Å². The molecule has 1 aromatic carbocycles. The van der Waals surface area contributed by atoms with Crippen molar-refractivity contribution in [3.05, 3.63) is 48.5 Å². The SMILES string of the molecule is CNc1ncnc2c1ccn2C1[C@H]2CC(CCc3ccc4ncc(N)nc4c3)C1(C)OC(C)(C)O2. The van der Waals surface area contributed by atoms with Gasteiger partial charge in [-0.05, 0) is 69.7 Å². The molecule has 0 spiro atoms. The van der Waals surface area contributed by atoms with Crippen LogP contribution in [0.1, 0.15) is 45.2 Å². The van der Waals surface area contributed by atoms with Gasteiger partial charge in [0.2, 0.25) is 0 Å². The smallest absolute Gasteiger partial charge is 0.164 e. The summed E-state index contributed by atoms with van der Waals surface area (Å²) < 4.78 is 15.5. The number of rotatable bonds is 5. The normalized spacial score (nSPS) is 27.5. The molecule has 0 radical (unpaired) electrons. The van der Waals surface area contributed by atoms with Crippen LogP contribution in [0.25, 0.3) is 22.1 Å². The quantitative estimate of drug-likeness (QED) is 0.445. The maximum atomic E-state index is 6.74.